The maximum Gasteiger partial charge on any atom is 0.433 e. The first-order valence-electron chi connectivity index (χ1n) is 9.28. The zero-order valence-electron chi connectivity index (χ0n) is 17.2. The van der Waals surface area contributed by atoms with Crippen LogP contribution in [0.5, 0.6) is 17.4 Å². The van der Waals surface area contributed by atoms with Gasteiger partial charge in [0.15, 0.2) is 17.2 Å². The van der Waals surface area contributed by atoms with Crippen LogP contribution in [0.1, 0.15) is 17.1 Å². The minimum absolute atomic E-state index is 0.105. The van der Waals surface area contributed by atoms with Gasteiger partial charge in [-0.05, 0) is 48.9 Å². The van der Waals surface area contributed by atoms with E-state index in [2.05, 4.69) is 15.3 Å². The largest absolute Gasteiger partial charge is 0.493 e. The summed E-state index contributed by atoms with van der Waals surface area (Å²) in [4.78, 5) is 19.3. The minimum Gasteiger partial charge on any atom is -0.493 e. The Labute approximate surface area is 190 Å². The highest BCUT2D eigenvalue weighted by Crippen LogP contribution is 2.34. The molecule has 0 spiro atoms. The summed E-state index contributed by atoms with van der Waals surface area (Å²) in [5.41, 5.74) is -0.269. The third kappa shape index (κ3) is 6.42. The number of methoxy groups -OCH3 is 1. The molecule has 1 aromatic heterocycles. The molecule has 0 aliphatic heterocycles. The molecule has 0 atom stereocenters. The summed E-state index contributed by atoms with van der Waals surface area (Å²) in [5.74, 6) is -1.18. The number of carbonyl (C=O) groups excluding carboxylic acids is 1. The second-order valence-electron chi connectivity index (χ2n) is 6.60. The Balaban J connectivity index is 1.75. The van der Waals surface area contributed by atoms with E-state index in [1.807, 2.05) is 0 Å². The highest BCUT2D eigenvalue weighted by Gasteiger charge is 2.33. The quantitative estimate of drug-likeness (QED) is 0.343. The van der Waals surface area contributed by atoms with E-state index < -0.39 is 23.6 Å². The molecule has 6 nitrogen and oxygen atoms in total. The van der Waals surface area contributed by atoms with Crippen molar-refractivity contribution in [2.75, 3.05) is 12.4 Å². The van der Waals surface area contributed by atoms with E-state index in [0.717, 1.165) is 6.07 Å². The normalized spacial score (nSPS) is 11.5. The summed E-state index contributed by atoms with van der Waals surface area (Å²) < 4.78 is 62.8. The molecule has 11 heteroatoms. The number of hydrogen-bond donors (Lipinski definition) is 1. The molecule has 0 bridgehead atoms. The monoisotopic (exact) mass is 481 g/mol. The van der Waals surface area contributed by atoms with Crippen LogP contribution in [0.25, 0.3) is 6.08 Å². The molecule has 0 aliphatic carbocycles. The zero-order valence-corrected chi connectivity index (χ0v) is 18.0. The lowest BCUT2D eigenvalue weighted by atomic mass is 10.2. The molecule has 1 amide bonds. The Morgan fingerprint density at radius 1 is 1.09 bits per heavy atom. The van der Waals surface area contributed by atoms with Gasteiger partial charge < -0.3 is 14.8 Å². The van der Waals surface area contributed by atoms with Gasteiger partial charge in [-0.2, -0.15) is 18.2 Å². The number of ether oxygens (including phenoxy) is 2. The Morgan fingerprint density at radius 2 is 1.85 bits per heavy atom. The first kappa shape index (κ1) is 24.0. The van der Waals surface area contributed by atoms with Gasteiger partial charge in [-0.25, -0.2) is 9.37 Å². The highest BCUT2D eigenvalue weighted by atomic mass is 35.5. The Hall–Kier alpha value is -3.66. The van der Waals surface area contributed by atoms with Crippen molar-refractivity contribution < 1.29 is 31.8 Å². The number of nitrogens with one attached hydrogen (secondary N) is 1. The van der Waals surface area contributed by atoms with Gasteiger partial charge >= 0.3 is 6.18 Å². The first-order valence-corrected chi connectivity index (χ1v) is 9.66. The fourth-order valence-corrected chi connectivity index (χ4v) is 2.83. The molecule has 3 aromatic rings. The van der Waals surface area contributed by atoms with Crippen molar-refractivity contribution in [2.45, 2.75) is 13.1 Å². The highest BCUT2D eigenvalue weighted by molar-refractivity contribution is 6.31. The molecule has 1 heterocycles. The smallest absolute Gasteiger partial charge is 0.433 e. The SMILES string of the molecule is COc1cc(C=CC(=O)Nc2ccc(F)c(Cl)c2)ccc1Oc1cc(C(F)(F)F)nc(C)n1. The fourth-order valence-electron chi connectivity index (χ4n) is 2.65. The molecule has 0 saturated carbocycles. The van der Waals surface area contributed by atoms with Crippen LogP contribution in [0, 0.1) is 12.7 Å². The maximum atomic E-state index is 13.2. The molecule has 172 valence electrons. The van der Waals surface area contributed by atoms with Gasteiger partial charge in [-0.3, -0.25) is 4.79 Å². The maximum absolute atomic E-state index is 13.2. The van der Waals surface area contributed by atoms with Crippen molar-refractivity contribution in [3.8, 4) is 17.4 Å². The molecule has 33 heavy (non-hydrogen) atoms. The second-order valence-corrected chi connectivity index (χ2v) is 7.01. The number of nitrogens with zero attached hydrogens (tertiary/aromatic N) is 2. The number of aryl methyl sites for hydroxylation is 1. The van der Waals surface area contributed by atoms with Gasteiger partial charge in [0.05, 0.1) is 12.1 Å². The second kappa shape index (κ2) is 9.86. The van der Waals surface area contributed by atoms with E-state index in [1.54, 1.807) is 6.07 Å². The van der Waals surface area contributed by atoms with Crippen LogP contribution < -0.4 is 14.8 Å². The number of alkyl halides is 3. The predicted molar refractivity (Wildman–Crippen MR) is 114 cm³/mol. The number of benzene rings is 2. The lowest BCUT2D eigenvalue weighted by molar-refractivity contribution is -0.141. The van der Waals surface area contributed by atoms with Crippen molar-refractivity contribution >= 4 is 29.3 Å². The molecule has 0 aliphatic rings. The molecular weight excluding hydrogens is 466 g/mol. The summed E-state index contributed by atoms with van der Waals surface area (Å²) in [6.45, 7) is 1.32. The van der Waals surface area contributed by atoms with Gasteiger partial charge in [0, 0.05) is 17.8 Å². The van der Waals surface area contributed by atoms with E-state index in [1.165, 1.54) is 50.5 Å². The average Bonchev–Trinajstić information content (AvgIpc) is 2.74. The van der Waals surface area contributed by atoms with E-state index >= 15 is 0 Å². The third-order valence-electron chi connectivity index (χ3n) is 4.12. The van der Waals surface area contributed by atoms with Crippen LogP contribution in [0.4, 0.5) is 23.2 Å². The molecular formula is C22H16ClF4N3O3. The van der Waals surface area contributed by atoms with Gasteiger partial charge in [0.1, 0.15) is 11.6 Å². The molecule has 0 unspecified atom stereocenters. The molecule has 2 aromatic carbocycles. The van der Waals surface area contributed by atoms with Crippen LogP contribution in [0.3, 0.4) is 0 Å². The van der Waals surface area contributed by atoms with Crippen LogP contribution in [-0.2, 0) is 11.0 Å². The summed E-state index contributed by atoms with van der Waals surface area (Å²) in [7, 11) is 1.35. The van der Waals surface area contributed by atoms with Crippen molar-refractivity contribution in [2.24, 2.45) is 0 Å². The van der Waals surface area contributed by atoms with Gasteiger partial charge in [0.25, 0.3) is 0 Å². The van der Waals surface area contributed by atoms with Gasteiger partial charge in [0.2, 0.25) is 11.8 Å². The molecule has 0 radical (unpaired) electrons. The van der Waals surface area contributed by atoms with E-state index in [0.29, 0.717) is 17.3 Å². The molecule has 0 saturated heterocycles. The van der Waals surface area contributed by atoms with Gasteiger partial charge in [-0.1, -0.05) is 17.7 Å². The number of amides is 1. The molecule has 1 N–H and O–H groups in total. The van der Waals surface area contributed by atoms with Crippen molar-refractivity contribution in [1.82, 2.24) is 9.97 Å². The third-order valence-corrected chi connectivity index (χ3v) is 4.41. The van der Waals surface area contributed by atoms with Gasteiger partial charge in [-0.15, -0.1) is 0 Å². The molecule has 0 fully saturated rings. The Kier molecular flexibility index (Phi) is 7.17. The summed E-state index contributed by atoms with van der Waals surface area (Å²) >= 11 is 5.68. The van der Waals surface area contributed by atoms with Crippen LogP contribution in [-0.4, -0.2) is 23.0 Å². The van der Waals surface area contributed by atoms with E-state index in [4.69, 9.17) is 21.1 Å². The zero-order chi connectivity index (χ0) is 24.2. The minimum atomic E-state index is -4.65. The lowest BCUT2D eigenvalue weighted by Gasteiger charge is -2.12. The van der Waals surface area contributed by atoms with Crippen LogP contribution in [0.2, 0.25) is 5.02 Å². The number of aromatic nitrogens is 2. The summed E-state index contributed by atoms with van der Waals surface area (Å²) in [6, 6.07) is 8.99. The van der Waals surface area contributed by atoms with E-state index in [9.17, 15) is 22.4 Å². The first-order chi connectivity index (χ1) is 15.5. The van der Waals surface area contributed by atoms with Crippen molar-refractivity contribution in [3.05, 3.63) is 76.5 Å². The number of anilines is 1. The standard InChI is InChI=1S/C22H16ClF4N3O3/c1-12-28-19(22(25,26)27)11-21(29-12)33-17-7-3-13(9-18(17)32-2)4-8-20(31)30-14-5-6-16(24)15(23)10-14/h3-11H,1-2H3,(H,30,31). The Morgan fingerprint density at radius 3 is 2.52 bits per heavy atom. The van der Waals surface area contributed by atoms with Crippen LogP contribution in [0.15, 0.2) is 48.5 Å². The predicted octanol–water partition coefficient (Wildman–Crippen LogP) is 6.05. The van der Waals surface area contributed by atoms with Crippen LogP contribution >= 0.6 is 11.6 Å². The number of rotatable bonds is 6. The van der Waals surface area contributed by atoms with Crippen molar-refractivity contribution in [3.63, 3.8) is 0 Å². The number of carbonyl (C=O) groups is 1. The fraction of sp³-hybridized carbons (Fsp3) is 0.136. The molecule has 3 rings (SSSR count). The number of hydrogen-bond acceptors (Lipinski definition) is 5. The summed E-state index contributed by atoms with van der Waals surface area (Å²) in [6.07, 6.45) is -1.94. The summed E-state index contributed by atoms with van der Waals surface area (Å²) in [5, 5.41) is 2.41. The Bertz CT molecular complexity index is 1220. The number of halogens is 5. The topological polar surface area (TPSA) is 73.3 Å². The average molecular weight is 482 g/mol. The lowest BCUT2D eigenvalue weighted by Crippen LogP contribution is -2.10. The van der Waals surface area contributed by atoms with Crippen molar-refractivity contribution in [1.29, 1.82) is 0 Å². The van der Waals surface area contributed by atoms with E-state index in [-0.39, 0.29) is 28.2 Å².